The fraction of sp³-hybridized carbons (Fsp3) is 0.318. The summed E-state index contributed by atoms with van der Waals surface area (Å²) in [5.74, 6) is 1.47. The van der Waals surface area contributed by atoms with Crippen LogP contribution in [0.15, 0.2) is 47.3 Å². The molecule has 1 heterocycles. The van der Waals surface area contributed by atoms with E-state index >= 15 is 0 Å². The molecule has 0 radical (unpaired) electrons. The minimum absolute atomic E-state index is 0.0304. The highest BCUT2D eigenvalue weighted by atomic mass is 16.5. The Bertz CT molecular complexity index is 1040. The second-order valence-corrected chi connectivity index (χ2v) is 6.80. The molecule has 0 spiro atoms. The molecule has 2 aromatic carbocycles. The average Bonchev–Trinajstić information content (AvgIpc) is 2.68. The fourth-order valence-electron chi connectivity index (χ4n) is 3.27. The van der Waals surface area contributed by atoms with Gasteiger partial charge in [0.05, 0.1) is 24.1 Å². The minimum Gasteiger partial charge on any atom is -0.493 e. The van der Waals surface area contributed by atoms with Gasteiger partial charge < -0.3 is 14.6 Å². The lowest BCUT2D eigenvalue weighted by Crippen LogP contribution is -3.09. The van der Waals surface area contributed by atoms with Crippen LogP contribution < -0.4 is 15.2 Å². The molecule has 0 aliphatic carbocycles. The first-order valence-corrected chi connectivity index (χ1v) is 9.60. The van der Waals surface area contributed by atoms with Gasteiger partial charge >= 0.3 is 0 Å². The molecule has 0 aliphatic rings. The smallest absolute Gasteiger partial charge is 0.258 e. The molecule has 0 amide bonds. The van der Waals surface area contributed by atoms with Gasteiger partial charge in [0.25, 0.3) is 5.56 Å². The molecular formula is C22H26N3O3+. The molecule has 1 aromatic heterocycles. The predicted octanol–water partition coefficient (Wildman–Crippen LogP) is 2.13. The van der Waals surface area contributed by atoms with Gasteiger partial charge in [-0.25, -0.2) is 4.98 Å². The lowest BCUT2D eigenvalue weighted by molar-refractivity contribution is -0.926. The summed E-state index contributed by atoms with van der Waals surface area (Å²) in [7, 11) is 0. The Morgan fingerprint density at radius 1 is 1.14 bits per heavy atom. The van der Waals surface area contributed by atoms with Crippen molar-refractivity contribution in [2.75, 3.05) is 13.2 Å². The van der Waals surface area contributed by atoms with Crippen LogP contribution in [-0.2, 0) is 13.1 Å². The number of rotatable bonds is 8. The number of fused-ring (bicyclic) bond motifs is 1. The first-order valence-electron chi connectivity index (χ1n) is 9.60. The first kappa shape index (κ1) is 19.8. The Morgan fingerprint density at radius 3 is 2.64 bits per heavy atom. The summed E-state index contributed by atoms with van der Waals surface area (Å²) in [5.41, 5.74) is 2.23. The molecule has 0 bridgehead atoms. The Hall–Kier alpha value is -2.99. The van der Waals surface area contributed by atoms with Crippen LogP contribution >= 0.6 is 0 Å². The minimum atomic E-state index is -0.121. The summed E-state index contributed by atoms with van der Waals surface area (Å²) in [4.78, 5) is 32.8. The lowest BCUT2D eigenvalue weighted by atomic mass is 10.1. The topological polar surface area (TPSA) is 76.5 Å². The van der Waals surface area contributed by atoms with Crippen molar-refractivity contribution in [1.29, 1.82) is 0 Å². The summed E-state index contributed by atoms with van der Waals surface area (Å²) in [6.45, 7) is 8.24. The molecule has 3 rings (SSSR count). The number of nitrogens with one attached hydrogen (secondary N) is 2. The molecule has 2 N–H and O–H groups in total. The maximum absolute atomic E-state index is 12.3. The van der Waals surface area contributed by atoms with E-state index in [1.54, 1.807) is 19.1 Å². The molecule has 146 valence electrons. The van der Waals surface area contributed by atoms with Gasteiger partial charge in [-0.05, 0) is 51.1 Å². The Morgan fingerprint density at radius 2 is 1.93 bits per heavy atom. The third-order valence-electron chi connectivity index (χ3n) is 4.79. The van der Waals surface area contributed by atoms with Gasteiger partial charge in [-0.15, -0.1) is 0 Å². The van der Waals surface area contributed by atoms with Crippen LogP contribution in [0.5, 0.6) is 5.75 Å². The van der Waals surface area contributed by atoms with E-state index in [2.05, 4.69) is 16.9 Å². The number of ether oxygens (including phenoxy) is 1. The van der Waals surface area contributed by atoms with Crippen molar-refractivity contribution in [1.82, 2.24) is 9.97 Å². The number of nitrogens with zero attached hydrogens (tertiary/aromatic N) is 1. The van der Waals surface area contributed by atoms with Crippen LogP contribution in [0.4, 0.5) is 0 Å². The average molecular weight is 380 g/mol. The Labute approximate surface area is 164 Å². The van der Waals surface area contributed by atoms with Crippen molar-refractivity contribution in [3.05, 3.63) is 69.8 Å². The van der Waals surface area contributed by atoms with Crippen LogP contribution in [0.3, 0.4) is 0 Å². The third kappa shape index (κ3) is 4.46. The first-order chi connectivity index (χ1) is 13.5. The van der Waals surface area contributed by atoms with E-state index in [-0.39, 0.29) is 11.3 Å². The lowest BCUT2D eigenvalue weighted by Gasteiger charge is -2.19. The molecule has 0 fully saturated rings. The monoisotopic (exact) mass is 380 g/mol. The zero-order valence-electron chi connectivity index (χ0n) is 16.5. The summed E-state index contributed by atoms with van der Waals surface area (Å²) in [5, 5.41) is 0.595. The van der Waals surface area contributed by atoms with Gasteiger partial charge in [0.1, 0.15) is 18.8 Å². The normalized spacial score (nSPS) is 12.1. The zero-order valence-corrected chi connectivity index (χ0v) is 16.5. The predicted molar refractivity (Wildman–Crippen MR) is 109 cm³/mol. The number of hydrogen-bond acceptors (Lipinski definition) is 4. The van der Waals surface area contributed by atoms with Crippen LogP contribution in [-0.4, -0.2) is 28.9 Å². The number of aromatic nitrogens is 2. The number of hydrogen-bond donors (Lipinski definition) is 2. The van der Waals surface area contributed by atoms with Gasteiger partial charge in [-0.1, -0.05) is 12.1 Å². The quantitative estimate of drug-likeness (QED) is 0.587. The van der Waals surface area contributed by atoms with Crippen molar-refractivity contribution in [2.45, 2.75) is 33.9 Å². The van der Waals surface area contributed by atoms with Gasteiger partial charge in [0.2, 0.25) is 0 Å². The molecule has 6 heteroatoms. The summed E-state index contributed by atoms with van der Waals surface area (Å²) >= 11 is 0. The van der Waals surface area contributed by atoms with E-state index in [0.717, 1.165) is 17.9 Å². The third-order valence-corrected chi connectivity index (χ3v) is 4.79. The molecule has 6 nitrogen and oxygen atoms in total. The Kier molecular flexibility index (Phi) is 6.21. The summed E-state index contributed by atoms with van der Waals surface area (Å²) in [6, 6.07) is 12.9. The Balaban J connectivity index is 1.87. The number of carbonyl (C=O) groups excluding carboxylic acids is 1. The molecule has 3 aromatic rings. The maximum atomic E-state index is 12.3. The number of Topliss-reactive ketones (excluding diaryl/α,β-unsaturated/α-hetero) is 1. The molecule has 0 aliphatic heterocycles. The molecule has 0 saturated carbocycles. The van der Waals surface area contributed by atoms with E-state index in [1.165, 1.54) is 4.90 Å². The van der Waals surface area contributed by atoms with Crippen molar-refractivity contribution < 1.29 is 14.4 Å². The molecule has 0 saturated heterocycles. The van der Waals surface area contributed by atoms with Crippen molar-refractivity contribution in [3.63, 3.8) is 0 Å². The highest BCUT2D eigenvalue weighted by Crippen LogP contribution is 2.20. The van der Waals surface area contributed by atoms with Crippen LogP contribution in [0.25, 0.3) is 10.9 Å². The fourth-order valence-corrected chi connectivity index (χ4v) is 3.27. The number of para-hydroxylation sites is 1. The van der Waals surface area contributed by atoms with Crippen molar-refractivity contribution in [3.8, 4) is 5.75 Å². The van der Waals surface area contributed by atoms with Crippen LogP contribution in [0.1, 0.15) is 42.5 Å². The van der Waals surface area contributed by atoms with Crippen LogP contribution in [0.2, 0.25) is 0 Å². The van der Waals surface area contributed by atoms with E-state index in [0.29, 0.717) is 42.0 Å². The molecule has 1 atom stereocenters. The molecular weight excluding hydrogens is 354 g/mol. The van der Waals surface area contributed by atoms with Crippen LogP contribution in [0, 0.1) is 0 Å². The van der Waals surface area contributed by atoms with E-state index in [4.69, 9.17) is 4.74 Å². The standard InChI is InChI=1S/C22H25N3O3/c1-4-25(13-17-12-16(15(3)26)10-11-20(17)28-5-2)14-21-23-19-9-7-6-8-18(19)22(27)24-21/h6-12H,4-5,13-14H2,1-3H3,(H,23,24,27)/p+1. The number of H-pyrrole nitrogens is 1. The number of carbonyl (C=O) groups is 1. The largest absolute Gasteiger partial charge is 0.493 e. The second kappa shape index (κ2) is 8.80. The van der Waals surface area contributed by atoms with Gasteiger partial charge in [0, 0.05) is 11.1 Å². The van der Waals surface area contributed by atoms with Crippen molar-refractivity contribution in [2.24, 2.45) is 0 Å². The van der Waals surface area contributed by atoms with E-state index < -0.39 is 0 Å². The number of benzene rings is 2. The van der Waals surface area contributed by atoms with Gasteiger partial charge in [-0.2, -0.15) is 0 Å². The molecule has 1 unspecified atom stereocenters. The van der Waals surface area contributed by atoms with Gasteiger partial charge in [-0.3, -0.25) is 9.59 Å². The summed E-state index contributed by atoms with van der Waals surface area (Å²) < 4.78 is 5.75. The van der Waals surface area contributed by atoms with E-state index in [1.807, 2.05) is 37.3 Å². The maximum Gasteiger partial charge on any atom is 0.258 e. The highest BCUT2D eigenvalue weighted by molar-refractivity contribution is 5.94. The highest BCUT2D eigenvalue weighted by Gasteiger charge is 2.16. The molecule has 28 heavy (non-hydrogen) atoms. The van der Waals surface area contributed by atoms with E-state index in [9.17, 15) is 9.59 Å². The van der Waals surface area contributed by atoms with Crippen molar-refractivity contribution >= 4 is 16.7 Å². The SMILES string of the molecule is CCOc1ccc(C(C)=O)cc1C[NH+](CC)Cc1nc2ccccc2c(=O)[nH]1. The van der Waals surface area contributed by atoms with Gasteiger partial charge in [0.15, 0.2) is 11.6 Å². The zero-order chi connectivity index (χ0) is 20.1. The number of ketones is 1. The number of aromatic amines is 1. The second-order valence-electron chi connectivity index (χ2n) is 6.80. The number of quaternary nitrogens is 1. The summed E-state index contributed by atoms with van der Waals surface area (Å²) in [6.07, 6.45) is 0.